The second-order valence-corrected chi connectivity index (χ2v) is 4.26. The number of rotatable bonds is 6. The van der Waals surface area contributed by atoms with Gasteiger partial charge in [0, 0.05) is 24.0 Å². The summed E-state index contributed by atoms with van der Waals surface area (Å²) in [6.07, 6.45) is 0. The molecule has 0 saturated heterocycles. The Balaban J connectivity index is 1.86. The van der Waals surface area contributed by atoms with Crippen LogP contribution in [0.25, 0.3) is 0 Å². The van der Waals surface area contributed by atoms with Crippen LogP contribution in [0.15, 0.2) is 48.5 Å². The summed E-state index contributed by atoms with van der Waals surface area (Å²) < 4.78 is 5.55. The van der Waals surface area contributed by atoms with Crippen LogP contribution < -0.4 is 21.5 Å². The van der Waals surface area contributed by atoms with Crippen LogP contribution in [0.3, 0.4) is 0 Å². The van der Waals surface area contributed by atoms with Gasteiger partial charge in [-0.15, -0.1) is 0 Å². The van der Waals surface area contributed by atoms with Crippen molar-refractivity contribution < 1.29 is 9.53 Å². The Kier molecular flexibility index (Phi) is 4.44. The molecule has 0 heterocycles. The van der Waals surface area contributed by atoms with E-state index in [0.717, 1.165) is 5.75 Å². The summed E-state index contributed by atoms with van der Waals surface area (Å²) in [7, 11) is 0. The van der Waals surface area contributed by atoms with Crippen LogP contribution in [0.5, 0.6) is 5.75 Å². The first-order chi connectivity index (χ1) is 9.66. The highest BCUT2D eigenvalue weighted by atomic mass is 16.5. The van der Waals surface area contributed by atoms with Gasteiger partial charge >= 0.3 is 0 Å². The van der Waals surface area contributed by atoms with Crippen molar-refractivity contribution in [2.75, 3.05) is 24.2 Å². The Morgan fingerprint density at radius 1 is 1.15 bits per heavy atom. The van der Waals surface area contributed by atoms with Crippen LogP contribution in [0.1, 0.15) is 10.4 Å². The van der Waals surface area contributed by atoms with E-state index >= 15 is 0 Å². The third kappa shape index (κ3) is 3.65. The van der Waals surface area contributed by atoms with Gasteiger partial charge in [0.15, 0.2) is 0 Å². The zero-order valence-corrected chi connectivity index (χ0v) is 11.0. The molecule has 0 bridgehead atoms. The van der Waals surface area contributed by atoms with E-state index in [0.29, 0.717) is 30.1 Å². The smallest absolute Gasteiger partial charge is 0.250 e. The first-order valence-corrected chi connectivity index (χ1v) is 6.28. The summed E-state index contributed by atoms with van der Waals surface area (Å²) in [5, 5.41) is 3.12. The molecular weight excluding hydrogens is 254 g/mol. The van der Waals surface area contributed by atoms with E-state index in [1.807, 2.05) is 18.2 Å². The Morgan fingerprint density at radius 2 is 1.95 bits per heavy atom. The number of carbonyl (C=O) groups excluding carboxylic acids is 1. The Labute approximate surface area is 117 Å². The molecule has 0 fully saturated rings. The fraction of sp³-hybridized carbons (Fsp3) is 0.133. The number of nitrogens with two attached hydrogens (primary N) is 2. The van der Waals surface area contributed by atoms with E-state index in [4.69, 9.17) is 16.2 Å². The molecule has 0 atom stereocenters. The van der Waals surface area contributed by atoms with E-state index in [1.165, 1.54) is 0 Å². The molecule has 0 aliphatic rings. The molecule has 0 aromatic heterocycles. The minimum Gasteiger partial charge on any atom is -0.492 e. The van der Waals surface area contributed by atoms with E-state index in [1.54, 1.807) is 30.3 Å². The van der Waals surface area contributed by atoms with E-state index in [2.05, 4.69) is 5.32 Å². The van der Waals surface area contributed by atoms with Gasteiger partial charge in [0.1, 0.15) is 12.4 Å². The predicted molar refractivity (Wildman–Crippen MR) is 79.8 cm³/mol. The molecule has 5 heteroatoms. The van der Waals surface area contributed by atoms with Crippen molar-refractivity contribution in [3.63, 3.8) is 0 Å². The van der Waals surface area contributed by atoms with Crippen molar-refractivity contribution >= 4 is 17.3 Å². The third-order valence-electron chi connectivity index (χ3n) is 2.74. The zero-order chi connectivity index (χ0) is 14.4. The van der Waals surface area contributed by atoms with Crippen molar-refractivity contribution in [2.45, 2.75) is 0 Å². The molecule has 20 heavy (non-hydrogen) atoms. The second-order valence-electron chi connectivity index (χ2n) is 4.26. The lowest BCUT2D eigenvalue weighted by Gasteiger charge is -2.11. The van der Waals surface area contributed by atoms with E-state index in [9.17, 15) is 4.79 Å². The first-order valence-electron chi connectivity index (χ1n) is 6.28. The lowest BCUT2D eigenvalue weighted by atomic mass is 10.1. The van der Waals surface area contributed by atoms with Crippen LogP contribution in [0, 0.1) is 0 Å². The molecule has 0 aliphatic carbocycles. The Hall–Kier alpha value is -2.69. The van der Waals surface area contributed by atoms with Gasteiger partial charge in [0.2, 0.25) is 0 Å². The first kappa shape index (κ1) is 13.7. The van der Waals surface area contributed by atoms with Gasteiger partial charge in [0.05, 0.1) is 5.56 Å². The number of hydrogen-bond donors (Lipinski definition) is 3. The molecular formula is C15H17N3O2. The third-order valence-corrected chi connectivity index (χ3v) is 2.74. The zero-order valence-electron chi connectivity index (χ0n) is 11.0. The molecule has 2 aromatic carbocycles. The van der Waals surface area contributed by atoms with Gasteiger partial charge in [-0.1, -0.05) is 18.2 Å². The van der Waals surface area contributed by atoms with Crippen molar-refractivity contribution in [3.05, 3.63) is 54.1 Å². The highest BCUT2D eigenvalue weighted by molar-refractivity contribution is 5.98. The van der Waals surface area contributed by atoms with Gasteiger partial charge in [-0.25, -0.2) is 0 Å². The predicted octanol–water partition coefficient (Wildman–Crippen LogP) is 1.86. The molecule has 5 N–H and O–H groups in total. The minimum atomic E-state index is -0.454. The normalized spacial score (nSPS) is 10.0. The fourth-order valence-corrected chi connectivity index (χ4v) is 1.81. The number of anilines is 2. The van der Waals surface area contributed by atoms with Gasteiger partial charge in [-0.2, -0.15) is 0 Å². The van der Waals surface area contributed by atoms with Crippen molar-refractivity contribution in [1.29, 1.82) is 0 Å². The summed E-state index contributed by atoms with van der Waals surface area (Å²) >= 11 is 0. The number of nitrogens with one attached hydrogen (secondary N) is 1. The minimum absolute atomic E-state index is 0.454. The molecule has 0 unspecified atom stereocenters. The SMILES string of the molecule is NC(=O)c1ccccc1NCCOc1cccc(N)c1. The number of nitrogen functional groups attached to an aromatic ring is 1. The van der Waals surface area contributed by atoms with Crippen LogP contribution in [0.2, 0.25) is 0 Å². The second kappa shape index (κ2) is 6.47. The Bertz CT molecular complexity index is 599. The maximum absolute atomic E-state index is 11.3. The summed E-state index contributed by atoms with van der Waals surface area (Å²) in [6, 6.07) is 14.3. The van der Waals surface area contributed by atoms with Gasteiger partial charge in [0.25, 0.3) is 5.91 Å². The Morgan fingerprint density at radius 3 is 2.70 bits per heavy atom. The van der Waals surface area contributed by atoms with Crippen LogP contribution in [-0.4, -0.2) is 19.1 Å². The quantitative estimate of drug-likeness (QED) is 0.552. The molecule has 0 spiro atoms. The molecule has 0 radical (unpaired) electrons. The highest BCUT2D eigenvalue weighted by Gasteiger charge is 2.05. The summed E-state index contributed by atoms with van der Waals surface area (Å²) in [4.78, 5) is 11.3. The lowest BCUT2D eigenvalue weighted by molar-refractivity contribution is 0.100. The van der Waals surface area contributed by atoms with Crippen LogP contribution >= 0.6 is 0 Å². The number of primary amides is 1. The number of para-hydroxylation sites is 1. The summed E-state index contributed by atoms with van der Waals surface area (Å²) in [6.45, 7) is 1.01. The van der Waals surface area contributed by atoms with Crippen molar-refractivity contribution in [1.82, 2.24) is 0 Å². The van der Waals surface area contributed by atoms with Gasteiger partial charge in [-0.3, -0.25) is 4.79 Å². The molecule has 0 saturated carbocycles. The lowest BCUT2D eigenvalue weighted by Crippen LogP contribution is -2.17. The molecule has 104 valence electrons. The number of amides is 1. The van der Waals surface area contributed by atoms with Crippen molar-refractivity contribution in [2.24, 2.45) is 5.73 Å². The average molecular weight is 271 g/mol. The number of ether oxygens (including phenoxy) is 1. The highest BCUT2D eigenvalue weighted by Crippen LogP contribution is 2.15. The molecule has 0 aliphatic heterocycles. The molecule has 5 nitrogen and oxygen atoms in total. The maximum Gasteiger partial charge on any atom is 0.250 e. The number of benzene rings is 2. The van der Waals surface area contributed by atoms with Crippen LogP contribution in [0.4, 0.5) is 11.4 Å². The summed E-state index contributed by atoms with van der Waals surface area (Å²) in [5.41, 5.74) is 12.8. The topological polar surface area (TPSA) is 90.4 Å². The van der Waals surface area contributed by atoms with Crippen molar-refractivity contribution in [3.8, 4) is 5.75 Å². The van der Waals surface area contributed by atoms with E-state index < -0.39 is 5.91 Å². The maximum atomic E-state index is 11.3. The fourth-order valence-electron chi connectivity index (χ4n) is 1.81. The summed E-state index contributed by atoms with van der Waals surface area (Å²) in [5.74, 6) is 0.264. The monoisotopic (exact) mass is 271 g/mol. The van der Waals surface area contributed by atoms with Gasteiger partial charge in [-0.05, 0) is 24.3 Å². The molecule has 2 aromatic rings. The molecule has 1 amide bonds. The van der Waals surface area contributed by atoms with E-state index in [-0.39, 0.29) is 0 Å². The average Bonchev–Trinajstić information content (AvgIpc) is 2.44. The van der Waals surface area contributed by atoms with Gasteiger partial charge < -0.3 is 21.5 Å². The molecule has 2 rings (SSSR count). The standard InChI is InChI=1S/C15H17N3O2/c16-11-4-3-5-12(10-11)20-9-8-18-14-7-2-1-6-13(14)15(17)19/h1-7,10,18H,8-9,16H2,(H2,17,19). The number of hydrogen-bond acceptors (Lipinski definition) is 4. The number of carbonyl (C=O) groups is 1. The largest absolute Gasteiger partial charge is 0.492 e. The van der Waals surface area contributed by atoms with Crippen LogP contribution in [-0.2, 0) is 0 Å².